The van der Waals surface area contributed by atoms with Crippen LogP contribution in [0.25, 0.3) is 0 Å². The maximum absolute atomic E-state index is 13.5. The molecule has 226 valence electrons. The maximum atomic E-state index is 13.5. The van der Waals surface area contributed by atoms with Gasteiger partial charge in [0.1, 0.15) is 18.9 Å². The van der Waals surface area contributed by atoms with Gasteiger partial charge < -0.3 is 19.5 Å². The number of hydrogen-bond donors (Lipinski definition) is 1. The lowest BCUT2D eigenvalue weighted by molar-refractivity contribution is -0.119. The van der Waals surface area contributed by atoms with Crippen LogP contribution in [-0.4, -0.2) is 74.1 Å². The standard InChI is InChI=1S/C29H35N3O8S2/c1-38-27-16-11-23(21-28(27)39-2)32(42(36,37)25-9-5-3-6-10-25)22-29(33)30-17-20-40-24-12-14-26(15-13-24)41(34,35)31-18-7-4-8-19-31/h3,5-6,9-16,21H,4,7-8,17-20,22H2,1-2H3,(H,30,33). The third-order valence-electron chi connectivity index (χ3n) is 6.74. The van der Waals surface area contributed by atoms with Crippen LogP contribution in [0.2, 0.25) is 0 Å². The first-order valence-corrected chi connectivity index (χ1v) is 16.3. The molecule has 0 aliphatic carbocycles. The Morgan fingerprint density at radius 2 is 1.50 bits per heavy atom. The van der Waals surface area contributed by atoms with Gasteiger partial charge in [0.2, 0.25) is 15.9 Å². The van der Waals surface area contributed by atoms with E-state index in [0.29, 0.717) is 30.3 Å². The molecule has 1 aliphatic heterocycles. The first kappa shape index (κ1) is 31.1. The van der Waals surface area contributed by atoms with Crippen molar-refractivity contribution in [2.45, 2.75) is 29.1 Å². The van der Waals surface area contributed by atoms with Crippen LogP contribution in [0.1, 0.15) is 19.3 Å². The molecule has 42 heavy (non-hydrogen) atoms. The van der Waals surface area contributed by atoms with E-state index in [1.165, 1.54) is 54.9 Å². The van der Waals surface area contributed by atoms with Crippen LogP contribution in [0.15, 0.2) is 82.6 Å². The summed E-state index contributed by atoms with van der Waals surface area (Å²) in [5, 5.41) is 2.68. The fourth-order valence-electron chi connectivity index (χ4n) is 4.52. The van der Waals surface area contributed by atoms with Crippen LogP contribution in [-0.2, 0) is 24.8 Å². The third kappa shape index (κ3) is 7.33. The zero-order chi connectivity index (χ0) is 30.2. The largest absolute Gasteiger partial charge is 0.493 e. The molecule has 1 fully saturated rings. The third-order valence-corrected chi connectivity index (χ3v) is 10.4. The van der Waals surface area contributed by atoms with Gasteiger partial charge in [0.05, 0.1) is 36.2 Å². The van der Waals surface area contributed by atoms with Crippen molar-refractivity contribution in [3.63, 3.8) is 0 Å². The van der Waals surface area contributed by atoms with E-state index in [4.69, 9.17) is 14.2 Å². The lowest BCUT2D eigenvalue weighted by atomic mass is 10.2. The predicted molar refractivity (Wildman–Crippen MR) is 158 cm³/mol. The van der Waals surface area contributed by atoms with Gasteiger partial charge >= 0.3 is 0 Å². The highest BCUT2D eigenvalue weighted by Gasteiger charge is 2.28. The van der Waals surface area contributed by atoms with E-state index >= 15 is 0 Å². The molecule has 11 nitrogen and oxygen atoms in total. The molecule has 0 radical (unpaired) electrons. The maximum Gasteiger partial charge on any atom is 0.264 e. The number of carbonyl (C=O) groups excluding carboxylic acids is 1. The number of amides is 1. The van der Waals surface area contributed by atoms with Gasteiger partial charge in [0.25, 0.3) is 10.0 Å². The van der Waals surface area contributed by atoms with Crippen LogP contribution in [0.3, 0.4) is 0 Å². The van der Waals surface area contributed by atoms with E-state index < -0.39 is 32.5 Å². The number of nitrogens with one attached hydrogen (secondary N) is 1. The van der Waals surface area contributed by atoms with Gasteiger partial charge in [0.15, 0.2) is 11.5 Å². The molecule has 0 atom stereocenters. The average Bonchev–Trinajstić information content (AvgIpc) is 3.02. The molecule has 0 spiro atoms. The summed E-state index contributed by atoms with van der Waals surface area (Å²) in [4.78, 5) is 13.1. The Hall–Kier alpha value is -3.81. The molecule has 13 heteroatoms. The molecule has 1 saturated heterocycles. The topological polar surface area (TPSA) is 132 Å². The summed E-state index contributed by atoms with van der Waals surface area (Å²) in [6.07, 6.45) is 2.75. The SMILES string of the molecule is COc1ccc(N(CC(=O)NCCOc2ccc(S(=O)(=O)N3CCCCC3)cc2)S(=O)(=O)c2ccccc2)cc1OC. The number of nitrogens with zero attached hydrogens (tertiary/aromatic N) is 2. The van der Waals surface area contributed by atoms with Gasteiger partial charge in [-0.15, -0.1) is 0 Å². The first-order chi connectivity index (χ1) is 20.2. The van der Waals surface area contributed by atoms with Crippen molar-refractivity contribution >= 4 is 31.6 Å². The second-order valence-electron chi connectivity index (χ2n) is 9.50. The number of benzene rings is 3. The van der Waals surface area contributed by atoms with E-state index in [1.54, 1.807) is 36.4 Å². The van der Waals surface area contributed by atoms with Crippen LogP contribution in [0, 0.1) is 0 Å². The quantitative estimate of drug-likeness (QED) is 0.289. The average molecular weight is 618 g/mol. The number of rotatable bonds is 13. The number of ether oxygens (including phenoxy) is 3. The Kier molecular flexibility index (Phi) is 10.3. The van der Waals surface area contributed by atoms with E-state index in [1.807, 2.05) is 0 Å². The van der Waals surface area contributed by atoms with Gasteiger partial charge in [-0.05, 0) is 61.4 Å². The van der Waals surface area contributed by atoms with Crippen LogP contribution >= 0.6 is 0 Å². The second-order valence-corrected chi connectivity index (χ2v) is 13.3. The summed E-state index contributed by atoms with van der Waals surface area (Å²) in [5.74, 6) is 0.625. The van der Waals surface area contributed by atoms with Crippen molar-refractivity contribution in [3.05, 3.63) is 72.8 Å². The van der Waals surface area contributed by atoms with Crippen LogP contribution in [0.5, 0.6) is 17.2 Å². The molecule has 0 bridgehead atoms. The fraction of sp³-hybridized carbons (Fsp3) is 0.345. The number of carbonyl (C=O) groups is 1. The summed E-state index contributed by atoms with van der Waals surface area (Å²) in [7, 11) is -4.73. The molecular formula is C29H35N3O8S2. The Morgan fingerprint density at radius 1 is 0.833 bits per heavy atom. The number of hydrogen-bond acceptors (Lipinski definition) is 8. The van der Waals surface area contributed by atoms with E-state index in [-0.39, 0.29) is 28.6 Å². The molecular weight excluding hydrogens is 582 g/mol. The van der Waals surface area contributed by atoms with Gasteiger partial charge in [-0.2, -0.15) is 4.31 Å². The van der Waals surface area contributed by atoms with Crippen molar-refractivity contribution in [1.29, 1.82) is 0 Å². The van der Waals surface area contributed by atoms with E-state index in [2.05, 4.69) is 5.32 Å². The number of piperidine rings is 1. The van der Waals surface area contributed by atoms with Crippen molar-refractivity contribution < 1.29 is 35.8 Å². The van der Waals surface area contributed by atoms with Crippen molar-refractivity contribution in [2.24, 2.45) is 0 Å². The highest BCUT2D eigenvalue weighted by molar-refractivity contribution is 7.92. The lowest BCUT2D eigenvalue weighted by Crippen LogP contribution is -2.41. The van der Waals surface area contributed by atoms with E-state index in [0.717, 1.165) is 23.6 Å². The highest BCUT2D eigenvalue weighted by atomic mass is 32.2. The molecule has 3 aromatic carbocycles. The molecule has 1 amide bonds. The molecule has 0 unspecified atom stereocenters. The Morgan fingerprint density at radius 3 is 2.14 bits per heavy atom. The summed E-state index contributed by atoms with van der Waals surface area (Å²) in [6, 6.07) is 18.6. The fourth-order valence-corrected chi connectivity index (χ4v) is 7.47. The summed E-state index contributed by atoms with van der Waals surface area (Å²) < 4.78 is 71.5. The highest BCUT2D eigenvalue weighted by Crippen LogP contribution is 2.33. The molecule has 0 saturated carbocycles. The zero-order valence-electron chi connectivity index (χ0n) is 23.6. The number of methoxy groups -OCH3 is 2. The summed E-state index contributed by atoms with van der Waals surface area (Å²) in [6.45, 7) is 0.742. The Balaban J connectivity index is 1.38. The molecule has 4 rings (SSSR count). The Bertz CT molecular complexity index is 1560. The molecule has 1 heterocycles. The van der Waals surface area contributed by atoms with Gasteiger partial charge in [-0.3, -0.25) is 9.10 Å². The van der Waals surface area contributed by atoms with Gasteiger partial charge in [-0.1, -0.05) is 24.6 Å². The smallest absolute Gasteiger partial charge is 0.264 e. The summed E-state index contributed by atoms with van der Waals surface area (Å²) >= 11 is 0. The van der Waals surface area contributed by atoms with Crippen LogP contribution in [0.4, 0.5) is 5.69 Å². The predicted octanol–water partition coefficient (Wildman–Crippen LogP) is 3.27. The number of anilines is 1. The minimum Gasteiger partial charge on any atom is -0.493 e. The molecule has 1 aliphatic rings. The van der Waals surface area contributed by atoms with E-state index in [9.17, 15) is 21.6 Å². The minimum absolute atomic E-state index is 0.0293. The van der Waals surface area contributed by atoms with Gasteiger partial charge in [-0.25, -0.2) is 16.8 Å². The normalized spacial score (nSPS) is 14.1. The first-order valence-electron chi connectivity index (χ1n) is 13.5. The molecule has 0 aromatic heterocycles. The number of sulfonamides is 2. The summed E-state index contributed by atoms with van der Waals surface area (Å²) in [5.41, 5.74) is 0.225. The second kappa shape index (κ2) is 13.9. The molecule has 1 N–H and O–H groups in total. The monoisotopic (exact) mass is 617 g/mol. The van der Waals surface area contributed by atoms with Crippen molar-refractivity contribution in [2.75, 3.05) is 51.3 Å². The zero-order valence-corrected chi connectivity index (χ0v) is 25.2. The van der Waals surface area contributed by atoms with Crippen LogP contribution < -0.4 is 23.8 Å². The van der Waals surface area contributed by atoms with Crippen molar-refractivity contribution in [3.8, 4) is 17.2 Å². The van der Waals surface area contributed by atoms with Gasteiger partial charge in [0, 0.05) is 19.2 Å². The lowest BCUT2D eigenvalue weighted by Gasteiger charge is -2.25. The minimum atomic E-state index is -4.10. The molecule has 3 aromatic rings. The Labute approximate surface area is 247 Å². The van der Waals surface area contributed by atoms with Crippen molar-refractivity contribution in [1.82, 2.24) is 9.62 Å².